The van der Waals surface area contributed by atoms with E-state index in [-0.39, 0.29) is 11.9 Å². The Labute approximate surface area is 116 Å². The van der Waals surface area contributed by atoms with Gasteiger partial charge in [0.1, 0.15) is 0 Å². The van der Waals surface area contributed by atoms with E-state index in [2.05, 4.69) is 4.99 Å². The molecule has 2 aliphatic rings. The van der Waals surface area contributed by atoms with Crippen molar-refractivity contribution in [2.24, 2.45) is 4.99 Å². The molecular formula is C17H13NO2. The van der Waals surface area contributed by atoms with Crippen LogP contribution in [0.1, 0.15) is 23.5 Å². The second-order valence-electron chi connectivity index (χ2n) is 5.26. The number of nitrogens with zero attached hydrogens (tertiary/aromatic N) is 1. The topological polar surface area (TPSA) is 38.7 Å². The van der Waals surface area contributed by atoms with Gasteiger partial charge in [-0.3, -0.25) is 0 Å². The largest absolute Gasteiger partial charge is 0.405 e. The summed E-state index contributed by atoms with van der Waals surface area (Å²) in [7, 11) is 0. The lowest BCUT2D eigenvalue weighted by molar-refractivity contribution is -0.136. The lowest BCUT2D eigenvalue weighted by Gasteiger charge is -2.01. The summed E-state index contributed by atoms with van der Waals surface area (Å²) in [6.45, 7) is 0. The number of cyclic esters (lactones) is 1. The van der Waals surface area contributed by atoms with Crippen molar-refractivity contribution in [1.82, 2.24) is 0 Å². The molecule has 98 valence electrons. The highest BCUT2D eigenvalue weighted by atomic mass is 16.6. The van der Waals surface area contributed by atoms with Crippen LogP contribution in [-0.2, 0) is 9.53 Å². The van der Waals surface area contributed by atoms with Crippen molar-refractivity contribution in [3.05, 3.63) is 71.8 Å². The number of hydrogen-bond donors (Lipinski definition) is 0. The summed E-state index contributed by atoms with van der Waals surface area (Å²) >= 11 is 0. The van der Waals surface area contributed by atoms with Crippen LogP contribution in [0.15, 0.2) is 65.7 Å². The summed E-state index contributed by atoms with van der Waals surface area (Å²) in [5, 5.41) is 0. The monoisotopic (exact) mass is 263 g/mol. The fourth-order valence-electron chi connectivity index (χ4n) is 2.81. The van der Waals surface area contributed by atoms with Gasteiger partial charge in [-0.05, 0) is 24.1 Å². The maximum absolute atomic E-state index is 12.2. The lowest BCUT2D eigenvalue weighted by Crippen LogP contribution is -2.18. The van der Waals surface area contributed by atoms with Gasteiger partial charge >= 0.3 is 5.97 Å². The molecule has 0 saturated heterocycles. The van der Waals surface area contributed by atoms with Crippen molar-refractivity contribution in [3.8, 4) is 0 Å². The molecular weight excluding hydrogens is 250 g/mol. The van der Waals surface area contributed by atoms with Crippen LogP contribution in [0.4, 0.5) is 0 Å². The van der Waals surface area contributed by atoms with E-state index in [0.29, 0.717) is 5.90 Å². The molecule has 1 aliphatic carbocycles. The molecule has 1 saturated carbocycles. The quantitative estimate of drug-likeness (QED) is 0.781. The zero-order valence-electron chi connectivity index (χ0n) is 10.8. The van der Waals surface area contributed by atoms with Crippen LogP contribution in [-0.4, -0.2) is 17.4 Å². The number of esters is 1. The van der Waals surface area contributed by atoms with Crippen molar-refractivity contribution >= 4 is 11.9 Å². The van der Waals surface area contributed by atoms with Crippen LogP contribution < -0.4 is 0 Å². The third kappa shape index (κ3) is 1.59. The fraction of sp³-hybridized carbons (Fsp3) is 0.176. The lowest BCUT2D eigenvalue weighted by atomic mass is 10.1. The van der Waals surface area contributed by atoms with E-state index in [1.54, 1.807) is 0 Å². The predicted molar refractivity (Wildman–Crippen MR) is 75.6 cm³/mol. The molecule has 0 aromatic heterocycles. The van der Waals surface area contributed by atoms with Gasteiger partial charge < -0.3 is 4.74 Å². The summed E-state index contributed by atoms with van der Waals surface area (Å²) in [6, 6.07) is 19.6. The first-order chi connectivity index (χ1) is 9.79. The van der Waals surface area contributed by atoms with Crippen LogP contribution in [0.3, 0.4) is 0 Å². The molecule has 1 heterocycles. The molecule has 2 aromatic carbocycles. The van der Waals surface area contributed by atoms with Gasteiger partial charge in [-0.1, -0.05) is 48.5 Å². The Kier molecular flexibility index (Phi) is 2.30. The number of benzene rings is 2. The Bertz CT molecular complexity index is 693. The highest BCUT2D eigenvalue weighted by Gasteiger charge is 2.65. The zero-order valence-corrected chi connectivity index (χ0v) is 10.8. The SMILES string of the molecule is O=C1OC(c2ccccc2)=NC12C[C@H]2c1ccccc1. The van der Waals surface area contributed by atoms with E-state index in [1.165, 1.54) is 0 Å². The van der Waals surface area contributed by atoms with Gasteiger partial charge in [-0.15, -0.1) is 0 Å². The average molecular weight is 263 g/mol. The second-order valence-corrected chi connectivity index (χ2v) is 5.26. The predicted octanol–water partition coefficient (Wildman–Crippen LogP) is 2.92. The highest BCUT2D eigenvalue weighted by molar-refractivity contribution is 6.09. The van der Waals surface area contributed by atoms with Gasteiger partial charge in [0, 0.05) is 11.5 Å². The molecule has 0 bridgehead atoms. The summed E-state index contributed by atoms with van der Waals surface area (Å²) in [6.07, 6.45) is 0.742. The van der Waals surface area contributed by atoms with Crippen LogP contribution >= 0.6 is 0 Å². The molecule has 1 aliphatic heterocycles. The van der Waals surface area contributed by atoms with Crippen molar-refractivity contribution in [2.75, 3.05) is 0 Å². The normalized spacial score (nSPS) is 27.3. The molecule has 1 unspecified atom stereocenters. The number of carbonyl (C=O) groups is 1. The average Bonchev–Trinajstić information content (AvgIpc) is 3.14. The summed E-state index contributed by atoms with van der Waals surface area (Å²) in [5.74, 6) is 0.386. The molecule has 4 rings (SSSR count). The molecule has 2 aromatic rings. The molecule has 2 atom stereocenters. The molecule has 3 nitrogen and oxygen atoms in total. The fourth-order valence-corrected chi connectivity index (χ4v) is 2.81. The van der Waals surface area contributed by atoms with Crippen molar-refractivity contribution in [1.29, 1.82) is 0 Å². The van der Waals surface area contributed by atoms with Gasteiger partial charge in [0.05, 0.1) is 0 Å². The summed E-state index contributed by atoms with van der Waals surface area (Å²) in [4.78, 5) is 16.8. The first kappa shape index (κ1) is 11.4. The Morgan fingerprint density at radius 3 is 2.35 bits per heavy atom. The smallest absolute Gasteiger partial charge is 0.341 e. The number of rotatable bonds is 2. The number of hydrogen-bond acceptors (Lipinski definition) is 3. The van der Waals surface area contributed by atoms with Crippen LogP contribution in [0.2, 0.25) is 0 Å². The number of aliphatic imine (C=N–C) groups is 1. The van der Waals surface area contributed by atoms with E-state index < -0.39 is 5.54 Å². The first-order valence-electron chi connectivity index (χ1n) is 6.72. The number of carbonyl (C=O) groups excluding carboxylic acids is 1. The van der Waals surface area contributed by atoms with E-state index in [1.807, 2.05) is 60.7 Å². The molecule has 3 heteroatoms. The molecule has 1 fully saturated rings. The van der Waals surface area contributed by atoms with Gasteiger partial charge in [0.15, 0.2) is 5.54 Å². The minimum absolute atomic E-state index is 0.150. The van der Waals surface area contributed by atoms with Crippen molar-refractivity contribution in [3.63, 3.8) is 0 Å². The summed E-state index contributed by atoms with van der Waals surface area (Å²) in [5.41, 5.74) is 1.34. The Morgan fingerprint density at radius 2 is 1.65 bits per heavy atom. The number of ether oxygens (including phenoxy) is 1. The van der Waals surface area contributed by atoms with Gasteiger partial charge in [0.25, 0.3) is 0 Å². The van der Waals surface area contributed by atoms with Crippen LogP contribution in [0.25, 0.3) is 0 Å². The maximum Gasteiger partial charge on any atom is 0.341 e. The third-order valence-corrected chi connectivity index (χ3v) is 4.00. The minimum atomic E-state index is -0.674. The van der Waals surface area contributed by atoms with E-state index in [9.17, 15) is 4.79 Å². The minimum Gasteiger partial charge on any atom is -0.405 e. The Morgan fingerprint density at radius 1 is 1.00 bits per heavy atom. The van der Waals surface area contributed by atoms with Gasteiger partial charge in [-0.25, -0.2) is 9.79 Å². The molecule has 1 spiro atoms. The van der Waals surface area contributed by atoms with Crippen LogP contribution in [0.5, 0.6) is 0 Å². The van der Waals surface area contributed by atoms with Gasteiger partial charge in [-0.2, -0.15) is 0 Å². The summed E-state index contributed by atoms with van der Waals surface area (Å²) < 4.78 is 5.39. The Hall–Kier alpha value is -2.42. The zero-order chi connectivity index (χ0) is 13.6. The second kappa shape index (κ2) is 4.04. The maximum atomic E-state index is 12.2. The van der Waals surface area contributed by atoms with Crippen LogP contribution in [0, 0.1) is 0 Å². The van der Waals surface area contributed by atoms with Gasteiger partial charge in [0.2, 0.25) is 5.90 Å². The van der Waals surface area contributed by atoms with Crippen molar-refractivity contribution in [2.45, 2.75) is 17.9 Å². The van der Waals surface area contributed by atoms with Crippen molar-refractivity contribution < 1.29 is 9.53 Å². The third-order valence-electron chi connectivity index (χ3n) is 4.00. The molecule has 20 heavy (non-hydrogen) atoms. The standard InChI is InChI=1S/C17H13NO2/c19-16-17(11-14(17)12-7-3-1-4-8-12)18-15(20-16)13-9-5-2-6-10-13/h1-10,14H,11H2/t14-,17?/m0/s1. The van der Waals surface area contributed by atoms with E-state index in [0.717, 1.165) is 17.5 Å². The molecule has 0 amide bonds. The first-order valence-corrected chi connectivity index (χ1v) is 6.72. The highest BCUT2D eigenvalue weighted by Crippen LogP contribution is 2.57. The molecule has 0 N–H and O–H groups in total. The Balaban J connectivity index is 1.68. The van der Waals surface area contributed by atoms with E-state index in [4.69, 9.17) is 4.74 Å². The van der Waals surface area contributed by atoms with E-state index >= 15 is 0 Å². The molecule has 0 radical (unpaired) electrons.